The van der Waals surface area contributed by atoms with Crippen molar-refractivity contribution in [2.24, 2.45) is 0 Å². The molecule has 2 aromatic rings. The Kier molecular flexibility index (Phi) is 21.3. The number of hydrogen-bond acceptors (Lipinski definition) is 4. The van der Waals surface area contributed by atoms with E-state index in [1.807, 2.05) is 33.0 Å². The maximum absolute atomic E-state index is 12.0. The van der Waals surface area contributed by atoms with Gasteiger partial charge in [-0.05, 0) is 64.1 Å². The number of benzene rings is 1. The molecule has 0 aliphatic carbocycles. The van der Waals surface area contributed by atoms with Crippen LogP contribution in [0.25, 0.3) is 0 Å². The summed E-state index contributed by atoms with van der Waals surface area (Å²) in [5, 5.41) is 6.36. The highest BCUT2D eigenvalue weighted by atomic mass is 35.5. The van der Waals surface area contributed by atoms with Crippen LogP contribution in [0.1, 0.15) is 62.7 Å². The fourth-order valence-corrected chi connectivity index (χ4v) is 4.00. The van der Waals surface area contributed by atoms with Crippen LogP contribution in [-0.2, 0) is 17.5 Å². The van der Waals surface area contributed by atoms with E-state index in [1.54, 1.807) is 42.7 Å². The number of carbonyl (C=O) groups excluding carboxylic acids is 1. The summed E-state index contributed by atoms with van der Waals surface area (Å²) >= 11 is 7.22. The monoisotopic (exact) mass is 489 g/mol. The summed E-state index contributed by atoms with van der Waals surface area (Å²) < 4.78 is 14.3. The molecule has 0 spiro atoms. The highest BCUT2D eigenvalue weighted by Crippen LogP contribution is 2.21. The van der Waals surface area contributed by atoms with Crippen molar-refractivity contribution in [3.63, 3.8) is 0 Å². The Morgan fingerprint density at radius 3 is 1.97 bits per heavy atom. The van der Waals surface area contributed by atoms with Crippen molar-refractivity contribution in [1.29, 1.82) is 0 Å². The lowest BCUT2D eigenvalue weighted by Crippen LogP contribution is -2.22. The predicted molar refractivity (Wildman–Crippen MR) is 139 cm³/mol. The van der Waals surface area contributed by atoms with Crippen LogP contribution in [0.3, 0.4) is 0 Å². The van der Waals surface area contributed by atoms with Gasteiger partial charge in [-0.15, -0.1) is 11.3 Å². The smallest absolute Gasteiger partial charge is 0.251 e. The van der Waals surface area contributed by atoms with Crippen molar-refractivity contribution in [2.75, 3.05) is 27.7 Å². The van der Waals surface area contributed by atoms with Crippen molar-refractivity contribution >= 4 is 39.8 Å². The number of thiophene rings is 1. The van der Waals surface area contributed by atoms with Gasteiger partial charge in [0.05, 0.1) is 6.54 Å². The average molecular weight is 490 g/mol. The molecule has 0 aliphatic rings. The molecule has 1 atom stereocenters. The zero-order valence-electron chi connectivity index (χ0n) is 20.3. The van der Waals surface area contributed by atoms with Gasteiger partial charge in [0.2, 0.25) is 0 Å². The van der Waals surface area contributed by atoms with Crippen LogP contribution >= 0.6 is 22.9 Å². The van der Waals surface area contributed by atoms with Gasteiger partial charge >= 0.3 is 0 Å². The largest absolute Gasteiger partial charge is 0.347 e. The van der Waals surface area contributed by atoms with Gasteiger partial charge in [-0.2, -0.15) is 0 Å². The van der Waals surface area contributed by atoms with E-state index in [0.717, 1.165) is 15.6 Å². The molecule has 0 aliphatic heterocycles. The Bertz CT molecular complexity index is 712. The van der Waals surface area contributed by atoms with Crippen molar-refractivity contribution in [2.45, 2.75) is 58.2 Å². The van der Waals surface area contributed by atoms with Crippen LogP contribution in [0, 0.1) is 0 Å². The Balaban J connectivity index is 0. The molecule has 0 fully saturated rings. The lowest BCUT2D eigenvalue weighted by Gasteiger charge is -2.06. The minimum Gasteiger partial charge on any atom is -0.347 e. The van der Waals surface area contributed by atoms with Crippen molar-refractivity contribution < 1.29 is 9.00 Å². The molecule has 1 unspecified atom stereocenters. The molecular weight excluding hydrogens is 450 g/mol. The van der Waals surface area contributed by atoms with Crippen LogP contribution in [0.5, 0.6) is 0 Å². The number of halogens is 1. The molecular formula is C23H40ClN3O2S2. The molecule has 5 nitrogen and oxygen atoms in total. The van der Waals surface area contributed by atoms with E-state index in [4.69, 9.17) is 11.6 Å². The summed E-state index contributed by atoms with van der Waals surface area (Å²) in [4.78, 5) is 12.9. The van der Waals surface area contributed by atoms with Crippen LogP contribution in [0.2, 0.25) is 5.02 Å². The molecule has 0 radical (unpaired) electrons. The molecule has 31 heavy (non-hydrogen) atoms. The SMILES string of the molecule is CC.CCCC.CCNC.CN(C)S(=O)c1ccc(CNC(=O)c2ccc(Cl)cc2)s1. The van der Waals surface area contributed by atoms with Crippen LogP contribution < -0.4 is 10.6 Å². The maximum atomic E-state index is 12.0. The molecule has 8 heteroatoms. The molecule has 0 bridgehead atoms. The standard InChI is InChI=1S/C14H15ClN2O2S2.C4H10.C3H9N.C2H6/c1-17(2)21(19)13-8-7-12(20-13)9-16-14(18)10-3-5-11(15)6-4-10;2*1-3-4-2;1-2/h3-8H,9H2,1-2H3,(H,16,18);3-4H2,1-2H3;4H,3H2,1-2H3;1-2H3. The van der Waals surface area contributed by atoms with Crippen molar-refractivity contribution in [1.82, 2.24) is 14.9 Å². The second-order valence-corrected chi connectivity index (χ2v) is 9.71. The van der Waals surface area contributed by atoms with Gasteiger partial charge in [-0.1, -0.05) is 59.1 Å². The highest BCUT2D eigenvalue weighted by Gasteiger charge is 2.11. The minimum absolute atomic E-state index is 0.157. The fraction of sp³-hybridized carbons (Fsp3) is 0.522. The number of unbranched alkanes of at least 4 members (excludes halogenated alkanes) is 1. The lowest BCUT2D eigenvalue weighted by molar-refractivity contribution is 0.0951. The number of rotatable bonds is 7. The normalized spacial score (nSPS) is 10.5. The van der Waals surface area contributed by atoms with Gasteiger partial charge in [0.25, 0.3) is 5.91 Å². The van der Waals surface area contributed by atoms with Crippen LogP contribution in [-0.4, -0.2) is 42.1 Å². The quantitative estimate of drug-likeness (QED) is 0.503. The summed E-state index contributed by atoms with van der Waals surface area (Å²) in [6, 6.07) is 10.4. The number of carbonyl (C=O) groups is 1. The summed E-state index contributed by atoms with van der Waals surface area (Å²) in [5.41, 5.74) is 0.563. The van der Waals surface area contributed by atoms with Gasteiger partial charge in [0.15, 0.2) is 0 Å². The van der Waals surface area contributed by atoms with Crippen LogP contribution in [0.4, 0.5) is 0 Å². The number of hydrogen-bond donors (Lipinski definition) is 2. The zero-order valence-corrected chi connectivity index (χ0v) is 22.6. The van der Waals surface area contributed by atoms with E-state index >= 15 is 0 Å². The number of nitrogens with zero attached hydrogens (tertiary/aromatic N) is 1. The van der Waals surface area contributed by atoms with Crippen molar-refractivity contribution in [3.05, 3.63) is 51.9 Å². The minimum atomic E-state index is -1.14. The van der Waals surface area contributed by atoms with Gasteiger partial charge in [-0.3, -0.25) is 4.79 Å². The maximum Gasteiger partial charge on any atom is 0.251 e. The van der Waals surface area contributed by atoms with E-state index in [0.29, 0.717) is 17.1 Å². The molecule has 2 N–H and O–H groups in total. The lowest BCUT2D eigenvalue weighted by atomic mass is 10.2. The topological polar surface area (TPSA) is 61.4 Å². The third-order valence-electron chi connectivity index (χ3n) is 3.52. The Morgan fingerprint density at radius 2 is 1.55 bits per heavy atom. The van der Waals surface area contributed by atoms with Crippen molar-refractivity contribution in [3.8, 4) is 0 Å². The Morgan fingerprint density at radius 1 is 1.03 bits per heavy atom. The number of amides is 1. The molecule has 1 aromatic heterocycles. The van der Waals surface area contributed by atoms with Gasteiger partial charge in [0, 0.05) is 15.5 Å². The summed E-state index contributed by atoms with van der Waals surface area (Å²) in [6.07, 6.45) is 2.64. The van der Waals surface area contributed by atoms with Gasteiger partial charge < -0.3 is 10.6 Å². The van der Waals surface area contributed by atoms with E-state index in [-0.39, 0.29) is 5.91 Å². The molecule has 2 rings (SSSR count). The molecule has 1 aromatic carbocycles. The first-order chi connectivity index (χ1) is 14.8. The first kappa shape index (κ1) is 31.9. The molecule has 178 valence electrons. The van der Waals surface area contributed by atoms with E-state index in [9.17, 15) is 9.00 Å². The average Bonchev–Trinajstić information content (AvgIpc) is 3.28. The third kappa shape index (κ3) is 15.2. The van der Waals surface area contributed by atoms with E-state index < -0.39 is 11.0 Å². The first-order valence-corrected chi connectivity index (χ1v) is 13.0. The number of nitrogens with one attached hydrogen (secondary N) is 2. The van der Waals surface area contributed by atoms with Gasteiger partial charge in [0.1, 0.15) is 15.2 Å². The summed E-state index contributed by atoms with van der Waals surface area (Å²) in [6.45, 7) is 11.9. The second kappa shape index (κ2) is 20.6. The molecule has 1 amide bonds. The zero-order chi connectivity index (χ0) is 24.2. The first-order valence-electron chi connectivity index (χ1n) is 10.7. The van der Waals surface area contributed by atoms with Gasteiger partial charge in [-0.25, -0.2) is 8.51 Å². The molecule has 1 heterocycles. The predicted octanol–water partition coefficient (Wildman–Crippen LogP) is 5.97. The second-order valence-electron chi connectivity index (χ2n) is 6.18. The van der Waals surface area contributed by atoms with Crippen LogP contribution in [0.15, 0.2) is 40.6 Å². The highest BCUT2D eigenvalue weighted by molar-refractivity contribution is 7.85. The molecule has 0 saturated carbocycles. The summed E-state index contributed by atoms with van der Waals surface area (Å²) in [7, 11) is 4.31. The summed E-state index contributed by atoms with van der Waals surface area (Å²) in [5.74, 6) is -0.157. The fourth-order valence-electron chi connectivity index (χ4n) is 1.60. The Hall–Kier alpha value is -1.25. The Labute approximate surface area is 201 Å². The molecule has 0 saturated heterocycles. The van der Waals surface area contributed by atoms with E-state index in [2.05, 4.69) is 31.4 Å². The third-order valence-corrected chi connectivity index (χ3v) is 6.48. The van der Waals surface area contributed by atoms with E-state index in [1.165, 1.54) is 24.2 Å².